The van der Waals surface area contributed by atoms with E-state index in [9.17, 15) is 13.9 Å². The Kier molecular flexibility index (Phi) is 3.42. The second-order valence-corrected chi connectivity index (χ2v) is 3.48. The van der Waals surface area contributed by atoms with E-state index in [0.717, 1.165) is 0 Å². The highest BCUT2D eigenvalue weighted by Crippen LogP contribution is 2.25. The Balaban J connectivity index is 3.17. The molecule has 0 aliphatic rings. The van der Waals surface area contributed by atoms with Crippen LogP contribution in [0, 0.1) is 11.6 Å². The third-order valence-electron chi connectivity index (χ3n) is 1.88. The standard InChI is InChI=1S/C9H10ClF2NO/c1-4(13)9(14)5-2-3-6(10)8(12)7(5)11/h2-4,9,14H,13H2,1H3/t4-,9-/m0/s1. The summed E-state index contributed by atoms with van der Waals surface area (Å²) in [6.07, 6.45) is -1.23. The third-order valence-corrected chi connectivity index (χ3v) is 2.17. The lowest BCUT2D eigenvalue weighted by Crippen LogP contribution is -2.25. The van der Waals surface area contributed by atoms with Crippen LogP contribution >= 0.6 is 11.6 Å². The number of hydrogen-bond donors (Lipinski definition) is 2. The topological polar surface area (TPSA) is 46.2 Å². The number of aliphatic hydroxyl groups is 1. The van der Waals surface area contributed by atoms with Crippen LogP contribution in [0.5, 0.6) is 0 Å². The van der Waals surface area contributed by atoms with Gasteiger partial charge in [-0.25, -0.2) is 8.78 Å². The zero-order chi connectivity index (χ0) is 10.9. The summed E-state index contributed by atoms with van der Waals surface area (Å²) in [6, 6.07) is 1.72. The van der Waals surface area contributed by atoms with Crippen LogP contribution in [-0.4, -0.2) is 11.1 Å². The van der Waals surface area contributed by atoms with Crippen LogP contribution < -0.4 is 5.73 Å². The molecular formula is C9H10ClF2NO. The van der Waals surface area contributed by atoms with Gasteiger partial charge in [-0.15, -0.1) is 0 Å². The highest BCUT2D eigenvalue weighted by Gasteiger charge is 2.20. The zero-order valence-electron chi connectivity index (χ0n) is 7.47. The Labute approximate surface area is 85.3 Å². The van der Waals surface area contributed by atoms with Gasteiger partial charge in [0, 0.05) is 11.6 Å². The molecule has 78 valence electrons. The van der Waals surface area contributed by atoms with Gasteiger partial charge < -0.3 is 10.8 Å². The number of rotatable bonds is 2. The van der Waals surface area contributed by atoms with E-state index in [0.29, 0.717) is 0 Å². The van der Waals surface area contributed by atoms with E-state index in [4.69, 9.17) is 17.3 Å². The van der Waals surface area contributed by atoms with Crippen LogP contribution in [0.2, 0.25) is 5.02 Å². The molecule has 0 amide bonds. The predicted octanol–water partition coefficient (Wildman–Crippen LogP) is 2.00. The molecule has 0 aromatic heterocycles. The van der Waals surface area contributed by atoms with Gasteiger partial charge >= 0.3 is 0 Å². The highest BCUT2D eigenvalue weighted by molar-refractivity contribution is 6.30. The quantitative estimate of drug-likeness (QED) is 0.751. The van der Waals surface area contributed by atoms with E-state index in [2.05, 4.69) is 0 Å². The number of nitrogens with two attached hydrogens (primary N) is 1. The second kappa shape index (κ2) is 4.21. The average Bonchev–Trinajstić information content (AvgIpc) is 2.13. The van der Waals surface area contributed by atoms with Gasteiger partial charge in [-0.05, 0) is 13.0 Å². The Hall–Kier alpha value is -0.710. The molecule has 0 unspecified atom stereocenters. The maximum absolute atomic E-state index is 13.2. The van der Waals surface area contributed by atoms with Gasteiger partial charge in [0.25, 0.3) is 0 Å². The minimum atomic E-state index is -1.23. The number of hydrogen-bond acceptors (Lipinski definition) is 2. The van der Waals surface area contributed by atoms with Gasteiger partial charge in [0.1, 0.15) is 0 Å². The van der Waals surface area contributed by atoms with Gasteiger partial charge in [0.05, 0.1) is 11.1 Å². The van der Waals surface area contributed by atoms with Crippen molar-refractivity contribution < 1.29 is 13.9 Å². The van der Waals surface area contributed by atoms with Crippen molar-refractivity contribution >= 4 is 11.6 Å². The van der Waals surface area contributed by atoms with Crippen molar-refractivity contribution in [2.24, 2.45) is 5.73 Å². The molecule has 0 bridgehead atoms. The van der Waals surface area contributed by atoms with E-state index in [1.54, 1.807) is 0 Å². The van der Waals surface area contributed by atoms with Crippen molar-refractivity contribution in [1.29, 1.82) is 0 Å². The Bertz CT molecular complexity index is 344. The Morgan fingerprint density at radius 2 is 1.93 bits per heavy atom. The molecule has 0 saturated heterocycles. The van der Waals surface area contributed by atoms with Gasteiger partial charge in [0.2, 0.25) is 0 Å². The minimum absolute atomic E-state index is 0.179. The lowest BCUT2D eigenvalue weighted by molar-refractivity contribution is 0.148. The molecule has 1 aromatic carbocycles. The molecule has 3 N–H and O–H groups in total. The molecule has 0 aliphatic heterocycles. The molecule has 5 heteroatoms. The van der Waals surface area contributed by atoms with Crippen molar-refractivity contribution in [3.63, 3.8) is 0 Å². The number of aliphatic hydroxyl groups excluding tert-OH is 1. The van der Waals surface area contributed by atoms with E-state index < -0.39 is 23.8 Å². The van der Waals surface area contributed by atoms with Crippen molar-refractivity contribution in [2.75, 3.05) is 0 Å². The first-order valence-electron chi connectivity index (χ1n) is 4.02. The predicted molar refractivity (Wildman–Crippen MR) is 50.0 cm³/mol. The highest BCUT2D eigenvalue weighted by atomic mass is 35.5. The molecule has 2 atom stereocenters. The first kappa shape index (κ1) is 11.4. The second-order valence-electron chi connectivity index (χ2n) is 3.07. The molecule has 14 heavy (non-hydrogen) atoms. The average molecular weight is 222 g/mol. The molecule has 0 fully saturated rings. The monoisotopic (exact) mass is 221 g/mol. The Morgan fingerprint density at radius 3 is 2.43 bits per heavy atom. The molecule has 0 heterocycles. The first-order chi connectivity index (χ1) is 6.45. The van der Waals surface area contributed by atoms with Gasteiger partial charge in [-0.2, -0.15) is 0 Å². The summed E-state index contributed by atoms with van der Waals surface area (Å²) in [6.45, 7) is 1.50. The van der Waals surface area contributed by atoms with E-state index >= 15 is 0 Å². The molecule has 0 saturated carbocycles. The Morgan fingerprint density at radius 1 is 1.36 bits per heavy atom. The van der Waals surface area contributed by atoms with Crippen LogP contribution in [0.4, 0.5) is 8.78 Å². The van der Waals surface area contributed by atoms with Gasteiger partial charge in [-0.1, -0.05) is 17.7 Å². The number of benzene rings is 1. The fraction of sp³-hybridized carbons (Fsp3) is 0.333. The van der Waals surface area contributed by atoms with Gasteiger partial charge in [0.15, 0.2) is 11.6 Å². The molecule has 0 aliphatic carbocycles. The lowest BCUT2D eigenvalue weighted by atomic mass is 10.0. The summed E-state index contributed by atoms with van der Waals surface area (Å²) in [5, 5.41) is 9.10. The van der Waals surface area contributed by atoms with Crippen molar-refractivity contribution in [1.82, 2.24) is 0 Å². The van der Waals surface area contributed by atoms with E-state index in [1.165, 1.54) is 19.1 Å². The SMILES string of the molecule is C[C@H](N)[C@H](O)c1ccc(Cl)c(F)c1F. The maximum Gasteiger partial charge on any atom is 0.177 e. The molecule has 2 nitrogen and oxygen atoms in total. The summed E-state index contributed by atoms with van der Waals surface area (Å²) in [7, 11) is 0. The molecule has 1 rings (SSSR count). The minimum Gasteiger partial charge on any atom is -0.387 e. The van der Waals surface area contributed by atoms with Crippen LogP contribution in [-0.2, 0) is 0 Å². The molecule has 1 aromatic rings. The van der Waals surface area contributed by atoms with Crippen LogP contribution in [0.1, 0.15) is 18.6 Å². The third kappa shape index (κ3) is 2.03. The summed E-state index contributed by atoms with van der Waals surface area (Å²) < 4.78 is 26.2. The largest absolute Gasteiger partial charge is 0.387 e. The maximum atomic E-state index is 13.2. The first-order valence-corrected chi connectivity index (χ1v) is 4.40. The number of halogens is 3. The van der Waals surface area contributed by atoms with Crippen LogP contribution in [0.3, 0.4) is 0 Å². The van der Waals surface area contributed by atoms with Crippen molar-refractivity contribution in [2.45, 2.75) is 19.1 Å². The van der Waals surface area contributed by atoms with Crippen molar-refractivity contribution in [3.05, 3.63) is 34.4 Å². The summed E-state index contributed by atoms with van der Waals surface area (Å²) in [4.78, 5) is 0. The fourth-order valence-electron chi connectivity index (χ4n) is 1.05. The van der Waals surface area contributed by atoms with E-state index in [1.807, 2.05) is 0 Å². The normalized spacial score (nSPS) is 15.3. The summed E-state index contributed by atoms with van der Waals surface area (Å²) >= 11 is 5.34. The smallest absolute Gasteiger partial charge is 0.177 e. The fourth-order valence-corrected chi connectivity index (χ4v) is 1.20. The molecular weight excluding hydrogens is 212 g/mol. The molecule has 0 radical (unpaired) electrons. The molecule has 0 spiro atoms. The van der Waals surface area contributed by atoms with Gasteiger partial charge in [-0.3, -0.25) is 0 Å². The lowest BCUT2D eigenvalue weighted by Gasteiger charge is -2.15. The summed E-state index contributed by atoms with van der Waals surface area (Å²) in [5.74, 6) is -2.31. The van der Waals surface area contributed by atoms with Crippen LogP contribution in [0.15, 0.2) is 12.1 Å². The van der Waals surface area contributed by atoms with Crippen LogP contribution in [0.25, 0.3) is 0 Å². The van der Waals surface area contributed by atoms with Crippen molar-refractivity contribution in [3.8, 4) is 0 Å². The summed E-state index contributed by atoms with van der Waals surface area (Å²) in [5.41, 5.74) is 5.17. The zero-order valence-corrected chi connectivity index (χ0v) is 8.22. The van der Waals surface area contributed by atoms with E-state index in [-0.39, 0.29) is 10.6 Å².